The molecule has 0 aromatic rings. The van der Waals surface area contributed by atoms with Crippen molar-refractivity contribution in [3.63, 3.8) is 0 Å². The lowest BCUT2D eigenvalue weighted by molar-refractivity contribution is -0.118. The second kappa shape index (κ2) is 5.08. The van der Waals surface area contributed by atoms with Gasteiger partial charge in [-0.25, -0.2) is 0 Å². The molecule has 2 heteroatoms. The van der Waals surface area contributed by atoms with Gasteiger partial charge in [-0.3, -0.25) is 9.69 Å². The molecule has 0 saturated heterocycles. The first-order valence-electron chi connectivity index (χ1n) is 3.92. The van der Waals surface area contributed by atoms with Crippen LogP contribution in [0.15, 0.2) is 12.7 Å². The van der Waals surface area contributed by atoms with Crippen LogP contribution >= 0.6 is 0 Å². The standard InChI is InChI=1S/C9H17NO/c1-5-6-10(8(2)3)7-9(4)11/h5,8H,1,6-7H2,2-4H3. The maximum absolute atomic E-state index is 10.8. The van der Waals surface area contributed by atoms with E-state index in [2.05, 4.69) is 25.3 Å². The van der Waals surface area contributed by atoms with Crippen LogP contribution in [0.25, 0.3) is 0 Å². The van der Waals surface area contributed by atoms with Crippen molar-refractivity contribution in [2.45, 2.75) is 26.8 Å². The lowest BCUT2D eigenvalue weighted by atomic mass is 10.3. The molecular formula is C9H17NO. The summed E-state index contributed by atoms with van der Waals surface area (Å²) in [6.45, 7) is 10.7. The van der Waals surface area contributed by atoms with Crippen molar-refractivity contribution in [3.05, 3.63) is 12.7 Å². The lowest BCUT2D eigenvalue weighted by Crippen LogP contribution is -2.34. The number of carbonyl (C=O) groups excluding carboxylic acids is 1. The van der Waals surface area contributed by atoms with E-state index in [1.54, 1.807) is 6.92 Å². The Bertz CT molecular complexity index is 140. The first-order valence-corrected chi connectivity index (χ1v) is 3.92. The summed E-state index contributed by atoms with van der Waals surface area (Å²) in [5.41, 5.74) is 0. The minimum Gasteiger partial charge on any atom is -0.299 e. The minimum atomic E-state index is 0.209. The molecule has 0 saturated carbocycles. The number of Topliss-reactive ketones (excluding diaryl/α,β-unsaturated/α-hetero) is 1. The Kier molecular flexibility index (Phi) is 4.79. The normalized spacial score (nSPS) is 10.6. The smallest absolute Gasteiger partial charge is 0.143 e. The fraction of sp³-hybridized carbons (Fsp3) is 0.667. The van der Waals surface area contributed by atoms with Gasteiger partial charge in [0.25, 0.3) is 0 Å². The molecule has 0 aromatic heterocycles. The second-order valence-corrected chi connectivity index (χ2v) is 3.01. The minimum absolute atomic E-state index is 0.209. The molecule has 0 spiro atoms. The number of nitrogens with zero attached hydrogens (tertiary/aromatic N) is 1. The van der Waals surface area contributed by atoms with E-state index in [1.807, 2.05) is 6.08 Å². The summed E-state index contributed by atoms with van der Waals surface area (Å²) in [7, 11) is 0. The molecular weight excluding hydrogens is 138 g/mol. The van der Waals surface area contributed by atoms with Crippen LogP contribution in [-0.4, -0.2) is 29.8 Å². The predicted octanol–water partition coefficient (Wildman–Crippen LogP) is 1.47. The molecule has 0 aromatic carbocycles. The van der Waals surface area contributed by atoms with Crippen LogP contribution in [0.4, 0.5) is 0 Å². The number of hydrogen-bond acceptors (Lipinski definition) is 2. The van der Waals surface area contributed by atoms with E-state index >= 15 is 0 Å². The van der Waals surface area contributed by atoms with Crippen molar-refractivity contribution in [1.29, 1.82) is 0 Å². The van der Waals surface area contributed by atoms with E-state index in [0.717, 1.165) is 6.54 Å². The van der Waals surface area contributed by atoms with Crippen LogP contribution in [0.2, 0.25) is 0 Å². The van der Waals surface area contributed by atoms with Gasteiger partial charge in [-0.05, 0) is 20.8 Å². The molecule has 0 fully saturated rings. The monoisotopic (exact) mass is 155 g/mol. The topological polar surface area (TPSA) is 20.3 Å². The molecule has 0 radical (unpaired) electrons. The quantitative estimate of drug-likeness (QED) is 0.560. The van der Waals surface area contributed by atoms with Gasteiger partial charge in [0.1, 0.15) is 5.78 Å². The van der Waals surface area contributed by atoms with Gasteiger partial charge in [-0.2, -0.15) is 0 Å². The molecule has 0 unspecified atom stereocenters. The van der Waals surface area contributed by atoms with E-state index in [9.17, 15) is 4.79 Å². The number of carbonyl (C=O) groups is 1. The summed E-state index contributed by atoms with van der Waals surface area (Å²) < 4.78 is 0. The highest BCUT2D eigenvalue weighted by Gasteiger charge is 2.08. The zero-order chi connectivity index (χ0) is 8.85. The van der Waals surface area contributed by atoms with Crippen molar-refractivity contribution in [3.8, 4) is 0 Å². The van der Waals surface area contributed by atoms with E-state index < -0.39 is 0 Å². The zero-order valence-electron chi connectivity index (χ0n) is 7.63. The van der Waals surface area contributed by atoms with Crippen LogP contribution in [0, 0.1) is 0 Å². The largest absolute Gasteiger partial charge is 0.299 e. The van der Waals surface area contributed by atoms with Crippen LogP contribution in [0.5, 0.6) is 0 Å². The molecule has 0 bridgehead atoms. The average molecular weight is 155 g/mol. The summed E-state index contributed by atoms with van der Waals surface area (Å²) in [5.74, 6) is 0.209. The lowest BCUT2D eigenvalue weighted by Gasteiger charge is -2.23. The molecule has 0 aliphatic heterocycles. The van der Waals surface area contributed by atoms with E-state index in [-0.39, 0.29) is 5.78 Å². The molecule has 0 rings (SSSR count). The maximum Gasteiger partial charge on any atom is 0.143 e. The summed E-state index contributed by atoms with van der Waals surface area (Å²) in [6, 6.07) is 0.414. The Morgan fingerprint density at radius 2 is 2.18 bits per heavy atom. The Balaban J connectivity index is 3.88. The maximum atomic E-state index is 10.8. The molecule has 2 nitrogen and oxygen atoms in total. The second-order valence-electron chi connectivity index (χ2n) is 3.01. The average Bonchev–Trinajstić information content (AvgIpc) is 1.86. The van der Waals surface area contributed by atoms with Crippen molar-refractivity contribution in [1.82, 2.24) is 4.90 Å². The SMILES string of the molecule is C=CCN(CC(C)=O)C(C)C. The molecule has 0 aliphatic carbocycles. The Labute approximate surface area is 68.9 Å². The Morgan fingerprint density at radius 1 is 1.64 bits per heavy atom. The third-order valence-electron chi connectivity index (χ3n) is 1.52. The van der Waals surface area contributed by atoms with E-state index in [4.69, 9.17) is 0 Å². The number of hydrogen-bond donors (Lipinski definition) is 0. The predicted molar refractivity (Wildman–Crippen MR) is 47.6 cm³/mol. The van der Waals surface area contributed by atoms with Gasteiger partial charge in [0.2, 0.25) is 0 Å². The van der Waals surface area contributed by atoms with Gasteiger partial charge in [0.05, 0.1) is 6.54 Å². The first-order chi connectivity index (χ1) is 5.07. The first kappa shape index (κ1) is 10.4. The summed E-state index contributed by atoms with van der Waals surface area (Å²) in [5, 5.41) is 0. The molecule has 0 amide bonds. The molecule has 0 N–H and O–H groups in total. The zero-order valence-corrected chi connectivity index (χ0v) is 7.63. The van der Waals surface area contributed by atoms with Crippen LogP contribution in [-0.2, 0) is 4.79 Å². The van der Waals surface area contributed by atoms with Crippen molar-refractivity contribution < 1.29 is 4.79 Å². The molecule has 64 valence electrons. The van der Waals surface area contributed by atoms with Crippen LogP contribution in [0.1, 0.15) is 20.8 Å². The van der Waals surface area contributed by atoms with Gasteiger partial charge in [-0.1, -0.05) is 6.08 Å². The summed E-state index contributed by atoms with van der Waals surface area (Å²) in [6.07, 6.45) is 1.82. The van der Waals surface area contributed by atoms with Crippen LogP contribution in [0.3, 0.4) is 0 Å². The fourth-order valence-electron chi connectivity index (χ4n) is 0.910. The highest BCUT2D eigenvalue weighted by Crippen LogP contribution is 1.97. The highest BCUT2D eigenvalue weighted by atomic mass is 16.1. The van der Waals surface area contributed by atoms with E-state index in [0.29, 0.717) is 12.6 Å². The van der Waals surface area contributed by atoms with Gasteiger partial charge in [0.15, 0.2) is 0 Å². The number of rotatable bonds is 5. The van der Waals surface area contributed by atoms with Crippen molar-refractivity contribution in [2.75, 3.05) is 13.1 Å². The highest BCUT2D eigenvalue weighted by molar-refractivity contribution is 5.77. The Morgan fingerprint density at radius 3 is 2.45 bits per heavy atom. The van der Waals surface area contributed by atoms with Gasteiger partial charge in [0, 0.05) is 12.6 Å². The van der Waals surface area contributed by atoms with Gasteiger partial charge in [-0.15, -0.1) is 6.58 Å². The van der Waals surface area contributed by atoms with Crippen LogP contribution < -0.4 is 0 Å². The summed E-state index contributed by atoms with van der Waals surface area (Å²) >= 11 is 0. The van der Waals surface area contributed by atoms with Crippen molar-refractivity contribution in [2.24, 2.45) is 0 Å². The molecule has 0 aliphatic rings. The molecule has 11 heavy (non-hydrogen) atoms. The third-order valence-corrected chi connectivity index (χ3v) is 1.52. The van der Waals surface area contributed by atoms with Crippen molar-refractivity contribution >= 4 is 5.78 Å². The van der Waals surface area contributed by atoms with E-state index in [1.165, 1.54) is 0 Å². The number of ketones is 1. The van der Waals surface area contributed by atoms with Gasteiger partial charge >= 0.3 is 0 Å². The molecule has 0 atom stereocenters. The molecule has 0 heterocycles. The van der Waals surface area contributed by atoms with Gasteiger partial charge < -0.3 is 0 Å². The summed E-state index contributed by atoms with van der Waals surface area (Å²) in [4.78, 5) is 12.8. The third kappa shape index (κ3) is 4.73. The Hall–Kier alpha value is -0.630. The fourth-order valence-corrected chi connectivity index (χ4v) is 0.910.